The highest BCUT2D eigenvalue weighted by Gasteiger charge is 2.14. The van der Waals surface area contributed by atoms with E-state index in [9.17, 15) is 14.0 Å². The number of benzene rings is 1. The summed E-state index contributed by atoms with van der Waals surface area (Å²) in [5.74, 6) is -0.0694. The quantitative estimate of drug-likeness (QED) is 0.540. The van der Waals surface area contributed by atoms with E-state index >= 15 is 0 Å². The van der Waals surface area contributed by atoms with E-state index in [0.717, 1.165) is 24.9 Å². The van der Waals surface area contributed by atoms with Crippen molar-refractivity contribution in [2.24, 2.45) is 0 Å². The standard InChI is InChI=1S/C19H22FN5O2S/c1-3-4-9-23(2)16(26)13-28-19-22-21-17-18(27)24(10-11-25(17)19)12-14-5-7-15(20)8-6-14/h5-8,10-11H,3-4,9,12-13H2,1-2H3. The first-order chi connectivity index (χ1) is 13.5. The maximum Gasteiger partial charge on any atom is 0.296 e. The van der Waals surface area contributed by atoms with Gasteiger partial charge in [-0.3, -0.25) is 14.0 Å². The van der Waals surface area contributed by atoms with Crippen LogP contribution in [0.3, 0.4) is 0 Å². The lowest BCUT2D eigenvalue weighted by molar-refractivity contribution is -0.127. The van der Waals surface area contributed by atoms with Crippen molar-refractivity contribution in [3.63, 3.8) is 0 Å². The number of halogens is 1. The molecule has 0 fully saturated rings. The van der Waals surface area contributed by atoms with Crippen LogP contribution in [-0.2, 0) is 11.3 Å². The Labute approximate surface area is 166 Å². The van der Waals surface area contributed by atoms with Gasteiger partial charge >= 0.3 is 0 Å². The van der Waals surface area contributed by atoms with E-state index in [1.54, 1.807) is 40.9 Å². The van der Waals surface area contributed by atoms with Crippen LogP contribution in [0.4, 0.5) is 4.39 Å². The minimum Gasteiger partial charge on any atom is -0.345 e. The molecule has 0 saturated heterocycles. The van der Waals surface area contributed by atoms with Gasteiger partial charge in [0.05, 0.1) is 12.3 Å². The fourth-order valence-corrected chi connectivity index (χ4v) is 3.52. The summed E-state index contributed by atoms with van der Waals surface area (Å²) in [6.45, 7) is 3.12. The van der Waals surface area contributed by atoms with Gasteiger partial charge in [0.15, 0.2) is 5.16 Å². The predicted octanol–water partition coefficient (Wildman–Crippen LogP) is 2.43. The molecule has 0 aliphatic rings. The van der Waals surface area contributed by atoms with E-state index in [4.69, 9.17) is 0 Å². The SMILES string of the molecule is CCCCN(C)C(=O)CSc1nnc2c(=O)n(Cc3ccc(F)cc3)ccn12. The van der Waals surface area contributed by atoms with Crippen molar-refractivity contribution in [3.8, 4) is 0 Å². The van der Waals surface area contributed by atoms with Crippen LogP contribution >= 0.6 is 11.8 Å². The van der Waals surface area contributed by atoms with E-state index in [1.807, 2.05) is 0 Å². The summed E-state index contributed by atoms with van der Waals surface area (Å²) in [5, 5.41) is 8.53. The van der Waals surface area contributed by atoms with Gasteiger partial charge in [-0.25, -0.2) is 4.39 Å². The molecule has 2 aromatic heterocycles. The number of thioether (sulfide) groups is 1. The maximum atomic E-state index is 13.0. The molecule has 28 heavy (non-hydrogen) atoms. The van der Waals surface area contributed by atoms with Gasteiger partial charge in [0.2, 0.25) is 11.6 Å². The average Bonchev–Trinajstić information content (AvgIpc) is 3.11. The Morgan fingerprint density at radius 2 is 1.96 bits per heavy atom. The summed E-state index contributed by atoms with van der Waals surface area (Å²) in [4.78, 5) is 26.5. The molecule has 7 nitrogen and oxygen atoms in total. The molecule has 0 aliphatic heterocycles. The Kier molecular flexibility index (Phi) is 6.45. The number of hydrogen-bond acceptors (Lipinski definition) is 5. The van der Waals surface area contributed by atoms with Gasteiger partial charge in [-0.05, 0) is 24.1 Å². The zero-order valence-electron chi connectivity index (χ0n) is 15.8. The summed E-state index contributed by atoms with van der Waals surface area (Å²) in [6.07, 6.45) is 5.34. The van der Waals surface area contributed by atoms with Crippen molar-refractivity contribution in [3.05, 3.63) is 58.4 Å². The summed E-state index contributed by atoms with van der Waals surface area (Å²) >= 11 is 1.25. The molecule has 148 valence electrons. The van der Waals surface area contributed by atoms with E-state index < -0.39 is 0 Å². The monoisotopic (exact) mass is 403 g/mol. The van der Waals surface area contributed by atoms with Crippen LogP contribution in [0, 0.1) is 5.82 Å². The fourth-order valence-electron chi connectivity index (χ4n) is 2.67. The van der Waals surface area contributed by atoms with Crippen molar-refractivity contribution >= 4 is 23.3 Å². The summed E-state index contributed by atoms with van der Waals surface area (Å²) in [6, 6.07) is 5.99. The second kappa shape index (κ2) is 9.01. The van der Waals surface area contributed by atoms with Gasteiger partial charge in [-0.15, -0.1) is 10.2 Å². The molecule has 0 spiro atoms. The van der Waals surface area contributed by atoms with Crippen molar-refractivity contribution in [2.45, 2.75) is 31.5 Å². The topological polar surface area (TPSA) is 72.5 Å². The van der Waals surface area contributed by atoms with Crippen LogP contribution < -0.4 is 5.56 Å². The molecule has 1 amide bonds. The third-order valence-corrected chi connectivity index (χ3v) is 5.30. The molecule has 0 bridgehead atoms. The smallest absolute Gasteiger partial charge is 0.296 e. The number of fused-ring (bicyclic) bond motifs is 1. The predicted molar refractivity (Wildman–Crippen MR) is 106 cm³/mol. The first kappa shape index (κ1) is 20.1. The normalized spacial score (nSPS) is 11.1. The Morgan fingerprint density at radius 1 is 1.21 bits per heavy atom. The molecule has 1 aromatic carbocycles. The number of hydrogen-bond donors (Lipinski definition) is 0. The molecule has 0 radical (unpaired) electrons. The van der Waals surface area contributed by atoms with E-state index in [0.29, 0.717) is 11.7 Å². The fraction of sp³-hybridized carbons (Fsp3) is 0.368. The number of amides is 1. The lowest BCUT2D eigenvalue weighted by Crippen LogP contribution is -2.29. The molecule has 2 heterocycles. The molecular formula is C19H22FN5O2S. The highest BCUT2D eigenvalue weighted by atomic mass is 32.2. The lowest BCUT2D eigenvalue weighted by Gasteiger charge is -2.15. The number of aromatic nitrogens is 4. The van der Waals surface area contributed by atoms with Crippen LogP contribution in [0.15, 0.2) is 46.6 Å². The van der Waals surface area contributed by atoms with Gasteiger partial charge < -0.3 is 9.47 Å². The van der Waals surface area contributed by atoms with Gasteiger partial charge in [-0.2, -0.15) is 0 Å². The Morgan fingerprint density at radius 3 is 2.68 bits per heavy atom. The zero-order valence-corrected chi connectivity index (χ0v) is 16.7. The minimum absolute atomic E-state index is 0.0138. The van der Waals surface area contributed by atoms with E-state index in [-0.39, 0.29) is 28.7 Å². The number of nitrogens with zero attached hydrogens (tertiary/aromatic N) is 5. The van der Waals surface area contributed by atoms with Crippen molar-refractivity contribution in [1.29, 1.82) is 0 Å². The van der Waals surface area contributed by atoms with Crippen molar-refractivity contribution in [2.75, 3.05) is 19.3 Å². The Balaban J connectivity index is 1.73. The molecule has 9 heteroatoms. The summed E-state index contributed by atoms with van der Waals surface area (Å²) in [7, 11) is 1.79. The molecule has 0 atom stereocenters. The van der Waals surface area contributed by atoms with Gasteiger partial charge in [-0.1, -0.05) is 37.2 Å². The van der Waals surface area contributed by atoms with Crippen LogP contribution in [0.2, 0.25) is 0 Å². The molecule has 3 aromatic rings. The lowest BCUT2D eigenvalue weighted by atomic mass is 10.2. The van der Waals surface area contributed by atoms with Crippen molar-refractivity contribution < 1.29 is 9.18 Å². The molecule has 0 saturated carbocycles. The van der Waals surface area contributed by atoms with Crippen molar-refractivity contribution in [1.82, 2.24) is 24.1 Å². The first-order valence-electron chi connectivity index (χ1n) is 9.05. The largest absolute Gasteiger partial charge is 0.345 e. The number of rotatable bonds is 8. The number of carbonyl (C=O) groups excluding carboxylic acids is 1. The third kappa shape index (κ3) is 4.59. The summed E-state index contributed by atoms with van der Waals surface area (Å²) in [5.41, 5.74) is 0.708. The Bertz CT molecular complexity index is 1020. The maximum absolute atomic E-state index is 13.0. The molecule has 0 unspecified atom stereocenters. The third-order valence-electron chi connectivity index (χ3n) is 4.38. The average molecular weight is 403 g/mol. The Hall–Kier alpha value is -2.68. The van der Waals surface area contributed by atoms with E-state index in [2.05, 4.69) is 17.1 Å². The molecule has 0 aliphatic carbocycles. The summed E-state index contributed by atoms with van der Waals surface area (Å²) < 4.78 is 16.1. The zero-order chi connectivity index (χ0) is 20.1. The van der Waals surface area contributed by atoms with E-state index in [1.165, 1.54) is 28.5 Å². The molecule has 0 N–H and O–H groups in total. The minimum atomic E-state index is -0.319. The van der Waals surface area contributed by atoms with Gasteiger partial charge in [0, 0.05) is 26.0 Å². The highest BCUT2D eigenvalue weighted by Crippen LogP contribution is 2.16. The van der Waals surface area contributed by atoms with Crippen LogP contribution in [-0.4, -0.2) is 49.3 Å². The first-order valence-corrected chi connectivity index (χ1v) is 10.0. The van der Waals surface area contributed by atoms with Crippen LogP contribution in [0.5, 0.6) is 0 Å². The second-order valence-corrected chi connectivity index (χ2v) is 7.43. The van der Waals surface area contributed by atoms with Gasteiger partial charge in [0.1, 0.15) is 5.82 Å². The second-order valence-electron chi connectivity index (χ2n) is 6.49. The van der Waals surface area contributed by atoms with Crippen LogP contribution in [0.25, 0.3) is 5.65 Å². The number of unbranched alkanes of at least 4 members (excludes halogenated alkanes) is 1. The van der Waals surface area contributed by atoms with Crippen LogP contribution in [0.1, 0.15) is 25.3 Å². The highest BCUT2D eigenvalue weighted by molar-refractivity contribution is 7.99. The molecule has 3 rings (SSSR count). The van der Waals surface area contributed by atoms with Gasteiger partial charge in [0.25, 0.3) is 5.56 Å². The number of carbonyl (C=O) groups is 1. The molecular weight excluding hydrogens is 381 g/mol.